The van der Waals surface area contributed by atoms with Gasteiger partial charge in [0.1, 0.15) is 0 Å². The zero-order valence-electron chi connectivity index (χ0n) is 21.4. The maximum absolute atomic E-state index is 4.65. The van der Waals surface area contributed by atoms with Gasteiger partial charge in [-0.2, -0.15) is 5.10 Å². The molecule has 4 saturated carbocycles. The molecule has 4 aliphatic rings. The fourth-order valence-corrected chi connectivity index (χ4v) is 9.72. The molecular formula is C30H46N2. The van der Waals surface area contributed by atoms with Gasteiger partial charge < -0.3 is 0 Å². The lowest BCUT2D eigenvalue weighted by Crippen LogP contribution is -2.52. The first-order valence-corrected chi connectivity index (χ1v) is 13.9. The number of hydrogen-bond acceptors (Lipinski definition) is 1. The van der Waals surface area contributed by atoms with Crippen LogP contribution >= 0.6 is 0 Å². The predicted molar refractivity (Wildman–Crippen MR) is 133 cm³/mol. The molecule has 0 amide bonds. The zero-order chi connectivity index (χ0) is 22.5. The third kappa shape index (κ3) is 3.76. The third-order valence-corrected chi connectivity index (χ3v) is 11.0. The van der Waals surface area contributed by atoms with Crippen LogP contribution in [0.25, 0.3) is 0 Å². The van der Waals surface area contributed by atoms with Crippen LogP contribution in [-0.2, 0) is 6.54 Å². The van der Waals surface area contributed by atoms with Gasteiger partial charge in [-0.3, -0.25) is 4.68 Å². The number of hydrogen-bond donors (Lipinski definition) is 0. The summed E-state index contributed by atoms with van der Waals surface area (Å²) in [4.78, 5) is 0. The van der Waals surface area contributed by atoms with E-state index in [1.54, 1.807) is 0 Å². The lowest BCUT2D eigenvalue weighted by atomic mass is 9.45. The molecular weight excluding hydrogens is 388 g/mol. The first-order chi connectivity index (χ1) is 15.3. The first-order valence-electron chi connectivity index (χ1n) is 13.9. The van der Waals surface area contributed by atoms with Crippen molar-refractivity contribution in [3.63, 3.8) is 0 Å². The fourth-order valence-electron chi connectivity index (χ4n) is 9.72. The molecule has 2 nitrogen and oxygen atoms in total. The molecule has 1 aromatic rings. The molecule has 0 aliphatic heterocycles. The molecule has 2 heteroatoms. The summed E-state index contributed by atoms with van der Waals surface area (Å²) >= 11 is 0. The Kier molecular flexibility index (Phi) is 6.01. The summed E-state index contributed by atoms with van der Waals surface area (Å²) in [6.07, 6.45) is 18.4. The Morgan fingerprint density at radius 3 is 2.62 bits per heavy atom. The molecule has 0 spiro atoms. The molecule has 32 heavy (non-hydrogen) atoms. The van der Waals surface area contributed by atoms with E-state index in [0.29, 0.717) is 16.7 Å². The molecule has 9 atom stereocenters. The fraction of sp³-hybridized carbons (Fsp3) is 0.833. The van der Waals surface area contributed by atoms with Crippen molar-refractivity contribution >= 4 is 0 Å². The minimum atomic E-state index is 0.550. The van der Waals surface area contributed by atoms with Crippen molar-refractivity contribution < 1.29 is 0 Å². The van der Waals surface area contributed by atoms with E-state index in [4.69, 9.17) is 0 Å². The van der Waals surface area contributed by atoms with E-state index in [1.807, 2.05) is 6.20 Å². The molecule has 4 fully saturated rings. The zero-order valence-corrected chi connectivity index (χ0v) is 21.4. The second-order valence-corrected chi connectivity index (χ2v) is 12.9. The van der Waals surface area contributed by atoms with Gasteiger partial charge in [0.2, 0.25) is 0 Å². The lowest BCUT2D eigenvalue weighted by molar-refractivity contribution is -0.106. The van der Waals surface area contributed by atoms with Gasteiger partial charge in [0.05, 0.1) is 11.8 Å². The Bertz CT molecular complexity index is 873. The van der Waals surface area contributed by atoms with Crippen molar-refractivity contribution in [1.29, 1.82) is 0 Å². The lowest BCUT2D eigenvalue weighted by Gasteiger charge is -2.60. The number of nitrogens with zero attached hydrogens (tertiary/aromatic N) is 2. The highest BCUT2D eigenvalue weighted by Gasteiger charge is 2.59. The summed E-state index contributed by atoms with van der Waals surface area (Å²) < 4.78 is 2.17. The summed E-state index contributed by atoms with van der Waals surface area (Å²) in [5.74, 6) is 12.9. The Morgan fingerprint density at radius 2 is 1.81 bits per heavy atom. The highest BCUT2D eigenvalue weighted by atomic mass is 15.3. The van der Waals surface area contributed by atoms with E-state index >= 15 is 0 Å². The Hall–Kier alpha value is -1.23. The van der Waals surface area contributed by atoms with Crippen LogP contribution in [0.5, 0.6) is 0 Å². The monoisotopic (exact) mass is 434 g/mol. The second kappa shape index (κ2) is 8.52. The minimum Gasteiger partial charge on any atom is -0.271 e. The summed E-state index contributed by atoms with van der Waals surface area (Å²) in [7, 11) is 0. The van der Waals surface area contributed by atoms with E-state index < -0.39 is 0 Å². The van der Waals surface area contributed by atoms with E-state index in [-0.39, 0.29) is 0 Å². The average molecular weight is 435 g/mol. The predicted octanol–water partition coefficient (Wildman–Crippen LogP) is 7.58. The van der Waals surface area contributed by atoms with E-state index in [2.05, 4.69) is 62.4 Å². The first kappa shape index (κ1) is 22.6. The van der Waals surface area contributed by atoms with Crippen LogP contribution in [0.3, 0.4) is 0 Å². The molecule has 176 valence electrons. The van der Waals surface area contributed by atoms with Crippen molar-refractivity contribution in [2.45, 2.75) is 105 Å². The van der Waals surface area contributed by atoms with Crippen LogP contribution in [0.1, 0.15) is 104 Å². The van der Waals surface area contributed by atoms with Crippen molar-refractivity contribution in [3.05, 3.63) is 18.0 Å². The van der Waals surface area contributed by atoms with Crippen LogP contribution in [0.15, 0.2) is 12.4 Å². The maximum atomic E-state index is 4.65. The molecule has 0 N–H and O–H groups in total. The van der Waals surface area contributed by atoms with Crippen molar-refractivity contribution in [1.82, 2.24) is 9.78 Å². The van der Waals surface area contributed by atoms with Gasteiger partial charge in [0, 0.05) is 19.2 Å². The topological polar surface area (TPSA) is 17.8 Å². The summed E-state index contributed by atoms with van der Waals surface area (Å²) in [6, 6.07) is 0. The Labute approximate surface area is 197 Å². The van der Waals surface area contributed by atoms with Crippen LogP contribution < -0.4 is 0 Å². The van der Waals surface area contributed by atoms with Crippen molar-refractivity contribution in [3.8, 4) is 11.8 Å². The highest BCUT2D eigenvalue weighted by Crippen LogP contribution is 2.67. The van der Waals surface area contributed by atoms with Gasteiger partial charge in [-0.1, -0.05) is 52.9 Å². The van der Waals surface area contributed by atoms with Gasteiger partial charge in [0.25, 0.3) is 0 Å². The SMILES string of the molecule is CCC#Cc1cnn(C[C@H](C)C2CCC3[C@@H]4CC[C@]5(C)CC(C)CC[C@@H]5C4CC[C@@]32C)c1. The van der Waals surface area contributed by atoms with Crippen molar-refractivity contribution in [2.75, 3.05) is 0 Å². The molecule has 1 aromatic heterocycles. The van der Waals surface area contributed by atoms with Crippen LogP contribution in [0.4, 0.5) is 0 Å². The number of rotatable bonds is 3. The smallest absolute Gasteiger partial charge is 0.0646 e. The third-order valence-electron chi connectivity index (χ3n) is 11.0. The second-order valence-electron chi connectivity index (χ2n) is 12.9. The van der Waals surface area contributed by atoms with E-state index in [9.17, 15) is 0 Å². The molecule has 1 heterocycles. The minimum absolute atomic E-state index is 0.550. The molecule has 4 aliphatic carbocycles. The maximum Gasteiger partial charge on any atom is 0.0646 e. The highest BCUT2D eigenvalue weighted by molar-refractivity contribution is 5.29. The average Bonchev–Trinajstić information content (AvgIpc) is 3.34. The molecule has 0 aromatic carbocycles. The summed E-state index contributed by atoms with van der Waals surface area (Å²) in [6.45, 7) is 13.5. The quantitative estimate of drug-likeness (QED) is 0.448. The Balaban J connectivity index is 1.29. The van der Waals surface area contributed by atoms with Gasteiger partial charge >= 0.3 is 0 Å². The normalized spacial score (nSPS) is 44.0. The molecule has 0 saturated heterocycles. The van der Waals surface area contributed by atoms with Gasteiger partial charge in [-0.15, -0.1) is 0 Å². The molecule has 0 radical (unpaired) electrons. The van der Waals surface area contributed by atoms with Gasteiger partial charge in [0.15, 0.2) is 0 Å². The van der Waals surface area contributed by atoms with Gasteiger partial charge in [-0.25, -0.2) is 0 Å². The molecule has 5 rings (SSSR count). The van der Waals surface area contributed by atoms with E-state index in [0.717, 1.165) is 54.0 Å². The van der Waals surface area contributed by atoms with Crippen LogP contribution in [-0.4, -0.2) is 9.78 Å². The van der Waals surface area contributed by atoms with Crippen LogP contribution in [0.2, 0.25) is 0 Å². The van der Waals surface area contributed by atoms with Crippen molar-refractivity contribution in [2.24, 2.45) is 52.3 Å². The summed E-state index contributed by atoms with van der Waals surface area (Å²) in [5, 5.41) is 4.65. The molecule has 0 bridgehead atoms. The summed E-state index contributed by atoms with van der Waals surface area (Å²) in [5.41, 5.74) is 2.27. The Morgan fingerprint density at radius 1 is 1.06 bits per heavy atom. The standard InChI is InChI=1S/C30H46N2/c1-6-7-8-23-18-31-32(20-23)19-22(3)26-11-12-28-25-13-15-29(4)17-21(2)9-10-27(29)24(25)14-16-30(26,28)5/h18,20-22,24-28H,6,9-17,19H2,1-5H3/t21?,22-,24?,25+,26?,27+,28?,29+,30+/m0/s1. The largest absolute Gasteiger partial charge is 0.271 e. The molecule has 4 unspecified atom stereocenters. The van der Waals surface area contributed by atoms with Crippen LogP contribution in [0, 0.1) is 64.1 Å². The number of aromatic nitrogens is 2. The number of fused-ring (bicyclic) bond motifs is 5. The van der Waals surface area contributed by atoms with Gasteiger partial charge in [-0.05, 0) is 104 Å². The van der Waals surface area contributed by atoms with E-state index in [1.165, 1.54) is 57.8 Å².